The van der Waals surface area contributed by atoms with Gasteiger partial charge in [0, 0.05) is 21.2 Å². The number of rotatable bonds is 4. The van der Waals surface area contributed by atoms with Crippen LogP contribution in [0.25, 0.3) is 22.5 Å². The lowest BCUT2D eigenvalue weighted by Gasteiger charge is -2.25. The lowest BCUT2D eigenvalue weighted by atomic mass is 10.1. The van der Waals surface area contributed by atoms with Crippen molar-refractivity contribution < 1.29 is 18.8 Å². The Kier molecular flexibility index (Phi) is 5.45. The Morgan fingerprint density at radius 2 is 1.76 bits per heavy atom. The van der Waals surface area contributed by atoms with Crippen LogP contribution >= 0.6 is 15.9 Å². The molecule has 1 N–H and O–H groups in total. The quantitative estimate of drug-likeness (QED) is 0.295. The third-order valence-electron chi connectivity index (χ3n) is 5.94. The third-order valence-corrected chi connectivity index (χ3v) is 6.63. The van der Waals surface area contributed by atoms with E-state index in [2.05, 4.69) is 37.9 Å². The summed E-state index contributed by atoms with van der Waals surface area (Å²) in [4.78, 5) is 38.9. The lowest BCUT2D eigenvalue weighted by molar-refractivity contribution is -0.130. The van der Waals surface area contributed by atoms with Crippen molar-refractivity contribution in [2.24, 2.45) is 0 Å². The van der Waals surface area contributed by atoms with E-state index >= 15 is 0 Å². The summed E-state index contributed by atoms with van der Waals surface area (Å²) in [6, 6.07) is 16.6. The maximum atomic E-state index is 13.1. The van der Waals surface area contributed by atoms with E-state index in [0.29, 0.717) is 5.76 Å². The zero-order valence-electron chi connectivity index (χ0n) is 18.5. The molecular formula is C26H20BrN3O4. The molecule has 4 amide bonds. The summed E-state index contributed by atoms with van der Waals surface area (Å²) in [5.41, 5.74) is 3.42. The second-order valence-corrected chi connectivity index (χ2v) is 8.92. The molecule has 0 atom stereocenters. The molecule has 1 fully saturated rings. The molecule has 0 spiro atoms. The predicted molar refractivity (Wildman–Crippen MR) is 131 cm³/mol. The maximum Gasteiger partial charge on any atom is 0.331 e. The number of aromatic nitrogens is 1. The molecule has 7 nitrogen and oxygen atoms in total. The van der Waals surface area contributed by atoms with Crippen LogP contribution in [0.15, 0.2) is 75.3 Å². The van der Waals surface area contributed by atoms with Crippen LogP contribution in [0.3, 0.4) is 0 Å². The van der Waals surface area contributed by atoms with Crippen LogP contribution in [-0.4, -0.2) is 27.3 Å². The minimum absolute atomic E-state index is 0.0633. The van der Waals surface area contributed by atoms with E-state index in [4.69, 9.17) is 4.42 Å². The first kappa shape index (κ1) is 21.9. The summed E-state index contributed by atoms with van der Waals surface area (Å²) in [6.45, 7) is 3.85. The zero-order chi connectivity index (χ0) is 24.0. The van der Waals surface area contributed by atoms with Gasteiger partial charge in [-0.25, -0.2) is 4.79 Å². The molecule has 1 aliphatic rings. The molecule has 0 saturated carbocycles. The van der Waals surface area contributed by atoms with Gasteiger partial charge in [-0.2, -0.15) is 0 Å². The molecule has 2 aromatic carbocycles. The van der Waals surface area contributed by atoms with E-state index < -0.39 is 17.8 Å². The molecule has 1 saturated heterocycles. The predicted octanol–water partition coefficient (Wildman–Crippen LogP) is 5.26. The second kappa shape index (κ2) is 8.46. The van der Waals surface area contributed by atoms with Crippen molar-refractivity contribution in [3.8, 4) is 5.69 Å². The van der Waals surface area contributed by atoms with Gasteiger partial charge in [-0.15, -0.1) is 0 Å². The smallest absolute Gasteiger partial charge is 0.331 e. The van der Waals surface area contributed by atoms with Crippen LogP contribution in [0.5, 0.6) is 0 Å². The molecule has 2 aromatic heterocycles. The molecule has 1 aliphatic heterocycles. The Hall–Kier alpha value is -3.91. The van der Waals surface area contributed by atoms with E-state index in [0.717, 1.165) is 42.8 Å². The minimum atomic E-state index is -0.768. The Balaban J connectivity index is 1.57. The summed E-state index contributed by atoms with van der Waals surface area (Å²) in [6.07, 6.45) is 3.00. The molecule has 0 radical (unpaired) electrons. The highest BCUT2D eigenvalue weighted by atomic mass is 79.9. The largest absolute Gasteiger partial charge is 0.467 e. The number of fused-ring (bicyclic) bond motifs is 1. The van der Waals surface area contributed by atoms with Crippen LogP contribution in [0.1, 0.15) is 22.7 Å². The monoisotopic (exact) mass is 517 g/mol. The average molecular weight is 518 g/mol. The zero-order valence-corrected chi connectivity index (χ0v) is 20.0. The van der Waals surface area contributed by atoms with Crippen LogP contribution in [-0.2, 0) is 16.1 Å². The lowest BCUT2D eigenvalue weighted by Crippen LogP contribution is -2.53. The molecule has 0 aliphatic carbocycles. The maximum absolute atomic E-state index is 13.1. The van der Waals surface area contributed by atoms with Gasteiger partial charge in [0.2, 0.25) is 0 Å². The topological polar surface area (TPSA) is 84.6 Å². The summed E-state index contributed by atoms with van der Waals surface area (Å²) >= 11 is 3.62. The number of halogens is 1. The number of aryl methyl sites for hydroxylation is 1. The summed E-state index contributed by atoms with van der Waals surface area (Å²) in [5, 5.41) is 4.40. The highest BCUT2D eigenvalue weighted by molar-refractivity contribution is 9.10. The molecule has 170 valence electrons. The molecule has 4 aromatic rings. The number of carbonyl (C=O) groups excluding carboxylic acids is 3. The van der Waals surface area contributed by atoms with Gasteiger partial charge >= 0.3 is 6.03 Å². The van der Waals surface area contributed by atoms with Gasteiger partial charge in [0.05, 0.1) is 18.5 Å². The van der Waals surface area contributed by atoms with Gasteiger partial charge < -0.3 is 8.98 Å². The number of amides is 4. The van der Waals surface area contributed by atoms with Crippen molar-refractivity contribution in [3.63, 3.8) is 0 Å². The number of hydrogen-bond donors (Lipinski definition) is 1. The van der Waals surface area contributed by atoms with Crippen molar-refractivity contribution in [1.29, 1.82) is 0 Å². The van der Waals surface area contributed by atoms with Crippen LogP contribution in [0.2, 0.25) is 0 Å². The highest BCUT2D eigenvalue weighted by Gasteiger charge is 2.36. The van der Waals surface area contributed by atoms with E-state index in [1.54, 1.807) is 18.2 Å². The van der Waals surface area contributed by atoms with E-state index in [-0.39, 0.29) is 12.1 Å². The first-order chi connectivity index (χ1) is 16.3. The van der Waals surface area contributed by atoms with Gasteiger partial charge in [-0.3, -0.25) is 19.8 Å². The third kappa shape index (κ3) is 3.66. The summed E-state index contributed by atoms with van der Waals surface area (Å²) < 4.78 is 8.36. The van der Waals surface area contributed by atoms with E-state index in [1.807, 2.05) is 44.2 Å². The van der Waals surface area contributed by atoms with E-state index in [1.165, 1.54) is 6.26 Å². The van der Waals surface area contributed by atoms with Crippen molar-refractivity contribution >= 4 is 50.6 Å². The number of urea groups is 1. The number of nitrogens with zero attached hydrogens (tertiary/aromatic N) is 2. The molecular weight excluding hydrogens is 498 g/mol. The van der Waals surface area contributed by atoms with Crippen LogP contribution in [0.4, 0.5) is 4.79 Å². The van der Waals surface area contributed by atoms with Gasteiger partial charge in [0.15, 0.2) is 0 Å². The number of imide groups is 2. The van der Waals surface area contributed by atoms with Crippen molar-refractivity contribution in [2.75, 3.05) is 0 Å². The van der Waals surface area contributed by atoms with Gasteiger partial charge in [0.1, 0.15) is 11.3 Å². The van der Waals surface area contributed by atoms with Gasteiger partial charge in [-0.1, -0.05) is 40.2 Å². The average Bonchev–Trinajstić information content (AvgIpc) is 3.43. The number of furan rings is 1. The standard InChI is InChI=1S/C26H20BrN3O4/c1-15-12-17(16(2)30(15)23-10-9-22(27)19-7-3-4-8-20(19)23)13-21-24(31)28-26(33)29(25(21)32)14-18-6-5-11-34-18/h3-13H,14H2,1-2H3,(H,28,31,33)/b21-13-. The van der Waals surface area contributed by atoms with Crippen molar-refractivity contribution in [1.82, 2.24) is 14.8 Å². The first-order valence-corrected chi connectivity index (χ1v) is 11.4. The Bertz CT molecular complexity index is 1500. The van der Waals surface area contributed by atoms with E-state index in [9.17, 15) is 14.4 Å². The van der Waals surface area contributed by atoms with Crippen LogP contribution in [0, 0.1) is 13.8 Å². The molecule has 5 rings (SSSR count). The van der Waals surface area contributed by atoms with Gasteiger partial charge in [0.25, 0.3) is 11.8 Å². The minimum Gasteiger partial charge on any atom is -0.467 e. The number of hydrogen-bond acceptors (Lipinski definition) is 4. The van der Waals surface area contributed by atoms with Crippen molar-refractivity contribution in [2.45, 2.75) is 20.4 Å². The molecule has 0 unspecified atom stereocenters. The fourth-order valence-corrected chi connectivity index (χ4v) is 4.78. The second-order valence-electron chi connectivity index (χ2n) is 8.06. The highest BCUT2D eigenvalue weighted by Crippen LogP contribution is 2.32. The summed E-state index contributed by atoms with van der Waals surface area (Å²) in [5.74, 6) is -0.939. The SMILES string of the molecule is Cc1cc(/C=C2/C(=O)NC(=O)N(Cc3ccco3)C2=O)c(C)n1-c1ccc(Br)c2ccccc12. The summed E-state index contributed by atoms with van der Waals surface area (Å²) in [7, 11) is 0. The normalized spacial score (nSPS) is 15.4. The number of benzene rings is 2. The Morgan fingerprint density at radius 1 is 1.00 bits per heavy atom. The molecule has 8 heteroatoms. The molecule has 0 bridgehead atoms. The number of barbiturate groups is 1. The first-order valence-electron chi connectivity index (χ1n) is 10.6. The van der Waals surface area contributed by atoms with Crippen molar-refractivity contribution in [3.05, 3.63) is 93.6 Å². The Morgan fingerprint density at radius 3 is 2.50 bits per heavy atom. The number of carbonyl (C=O) groups is 3. The number of nitrogens with one attached hydrogen (secondary N) is 1. The molecule has 3 heterocycles. The van der Waals surface area contributed by atoms with Gasteiger partial charge in [-0.05, 0) is 61.2 Å². The fraction of sp³-hybridized carbons (Fsp3) is 0.115. The molecule has 34 heavy (non-hydrogen) atoms. The fourth-order valence-electron chi connectivity index (χ4n) is 4.30. The van der Waals surface area contributed by atoms with Crippen LogP contribution < -0.4 is 5.32 Å². The Labute approximate surface area is 203 Å².